The second-order valence-electron chi connectivity index (χ2n) is 2.32. The van der Waals surface area contributed by atoms with Crippen LogP contribution in [0.2, 0.25) is 0 Å². The molecule has 2 aromatic rings. The fraction of sp³-hybridized carbons (Fsp3) is 0.167. The van der Waals surface area contributed by atoms with E-state index in [1.807, 2.05) is 6.07 Å². The molecule has 7 heteroatoms. The molecule has 0 radical (unpaired) electrons. The number of anilines is 2. The number of aromatic nitrogens is 4. The number of hydrogen-bond acceptors (Lipinski definition) is 6. The molecule has 0 aromatic carbocycles. The van der Waals surface area contributed by atoms with Gasteiger partial charge in [0, 0.05) is 17.6 Å². The molecule has 2 aromatic heterocycles. The van der Waals surface area contributed by atoms with Gasteiger partial charge in [0.1, 0.15) is 5.82 Å². The van der Waals surface area contributed by atoms with Crippen molar-refractivity contribution in [3.63, 3.8) is 0 Å². The summed E-state index contributed by atoms with van der Waals surface area (Å²) in [5.41, 5.74) is 5.37. The molecule has 0 fully saturated rings. The van der Waals surface area contributed by atoms with Crippen LogP contribution in [0.15, 0.2) is 12.3 Å². The van der Waals surface area contributed by atoms with Crippen molar-refractivity contribution in [2.24, 2.45) is 5.73 Å². The SMILES string of the molecule is NCc1nsc(Nc2ccn[nH]2)n1. The highest BCUT2D eigenvalue weighted by Gasteiger charge is 2.02. The third-order valence-corrected chi connectivity index (χ3v) is 2.06. The van der Waals surface area contributed by atoms with Gasteiger partial charge in [0.2, 0.25) is 5.13 Å². The van der Waals surface area contributed by atoms with E-state index >= 15 is 0 Å². The van der Waals surface area contributed by atoms with E-state index in [0.717, 1.165) is 5.82 Å². The molecule has 13 heavy (non-hydrogen) atoms. The van der Waals surface area contributed by atoms with E-state index in [1.165, 1.54) is 11.5 Å². The molecule has 6 nitrogen and oxygen atoms in total. The number of nitrogens with two attached hydrogens (primary N) is 1. The molecule has 0 saturated carbocycles. The van der Waals surface area contributed by atoms with Gasteiger partial charge in [-0.3, -0.25) is 5.10 Å². The summed E-state index contributed by atoms with van der Waals surface area (Å²) in [6, 6.07) is 1.81. The lowest BCUT2D eigenvalue weighted by Crippen LogP contribution is -1.98. The van der Waals surface area contributed by atoms with Gasteiger partial charge < -0.3 is 11.1 Å². The molecule has 0 aliphatic heterocycles. The van der Waals surface area contributed by atoms with Crippen molar-refractivity contribution >= 4 is 22.5 Å². The molecule has 68 valence electrons. The van der Waals surface area contributed by atoms with Crippen LogP contribution >= 0.6 is 11.5 Å². The second-order valence-corrected chi connectivity index (χ2v) is 3.07. The van der Waals surface area contributed by atoms with Gasteiger partial charge in [-0.15, -0.1) is 0 Å². The van der Waals surface area contributed by atoms with Crippen molar-refractivity contribution in [2.75, 3.05) is 5.32 Å². The minimum atomic E-state index is 0.362. The van der Waals surface area contributed by atoms with Crippen LogP contribution in [0, 0.1) is 0 Å². The Morgan fingerprint density at radius 3 is 3.15 bits per heavy atom. The third kappa shape index (κ3) is 1.82. The molecule has 0 amide bonds. The van der Waals surface area contributed by atoms with Gasteiger partial charge in [-0.05, 0) is 0 Å². The van der Waals surface area contributed by atoms with Crippen LogP contribution < -0.4 is 11.1 Å². The fourth-order valence-corrected chi connectivity index (χ4v) is 1.44. The maximum atomic E-state index is 5.37. The molecule has 0 aliphatic rings. The summed E-state index contributed by atoms with van der Waals surface area (Å²) in [6.07, 6.45) is 1.66. The molecule has 4 N–H and O–H groups in total. The third-order valence-electron chi connectivity index (χ3n) is 1.39. The van der Waals surface area contributed by atoms with Crippen molar-refractivity contribution in [1.82, 2.24) is 19.6 Å². The van der Waals surface area contributed by atoms with Gasteiger partial charge in [-0.1, -0.05) is 0 Å². The maximum absolute atomic E-state index is 5.37. The average molecular weight is 196 g/mol. The van der Waals surface area contributed by atoms with Crippen LogP contribution in [-0.2, 0) is 6.54 Å². The van der Waals surface area contributed by atoms with E-state index in [0.29, 0.717) is 17.5 Å². The van der Waals surface area contributed by atoms with Gasteiger partial charge in [0.25, 0.3) is 0 Å². The molecular formula is C6H8N6S. The molecule has 0 saturated heterocycles. The Hall–Kier alpha value is -1.47. The zero-order chi connectivity index (χ0) is 9.10. The molecule has 0 unspecified atom stereocenters. The summed E-state index contributed by atoms with van der Waals surface area (Å²) in [7, 11) is 0. The van der Waals surface area contributed by atoms with Crippen LogP contribution in [0.5, 0.6) is 0 Å². The average Bonchev–Trinajstić information content (AvgIpc) is 2.76. The molecule has 0 spiro atoms. The number of aromatic amines is 1. The number of hydrogen-bond donors (Lipinski definition) is 3. The monoisotopic (exact) mass is 196 g/mol. The Morgan fingerprint density at radius 2 is 2.54 bits per heavy atom. The van der Waals surface area contributed by atoms with E-state index in [4.69, 9.17) is 5.73 Å². The Balaban J connectivity index is 2.10. The summed E-state index contributed by atoms with van der Waals surface area (Å²) in [5.74, 6) is 1.44. The van der Waals surface area contributed by atoms with Crippen molar-refractivity contribution in [2.45, 2.75) is 6.54 Å². The summed E-state index contributed by atoms with van der Waals surface area (Å²) in [4.78, 5) is 4.13. The maximum Gasteiger partial charge on any atom is 0.208 e. The second kappa shape index (κ2) is 3.50. The van der Waals surface area contributed by atoms with Crippen LogP contribution in [0.25, 0.3) is 0 Å². The molecule has 0 atom stereocenters. The summed E-state index contributed by atoms with van der Waals surface area (Å²) >= 11 is 1.27. The zero-order valence-electron chi connectivity index (χ0n) is 6.69. The van der Waals surface area contributed by atoms with Gasteiger partial charge >= 0.3 is 0 Å². The number of nitrogens with one attached hydrogen (secondary N) is 2. The lowest BCUT2D eigenvalue weighted by molar-refractivity contribution is 0.959. The first-order valence-electron chi connectivity index (χ1n) is 3.67. The Morgan fingerprint density at radius 1 is 1.62 bits per heavy atom. The van der Waals surface area contributed by atoms with Gasteiger partial charge in [0.15, 0.2) is 5.82 Å². The van der Waals surface area contributed by atoms with Crippen molar-refractivity contribution in [1.29, 1.82) is 0 Å². The minimum Gasteiger partial charge on any atom is -0.324 e. The zero-order valence-corrected chi connectivity index (χ0v) is 7.51. The standard InChI is InChI=1S/C6H8N6S/c7-3-5-10-6(13-12-5)9-4-1-2-8-11-4/h1-2H,3,7H2,(H2,8,9,10,11,12). The lowest BCUT2D eigenvalue weighted by Gasteiger charge is -1.94. The van der Waals surface area contributed by atoms with Gasteiger partial charge in [-0.25, -0.2) is 4.98 Å². The number of nitrogens with zero attached hydrogens (tertiary/aromatic N) is 3. The quantitative estimate of drug-likeness (QED) is 0.663. The fourth-order valence-electron chi connectivity index (χ4n) is 0.828. The predicted octanol–water partition coefficient (Wildman–Crippen LogP) is 0.463. The van der Waals surface area contributed by atoms with Crippen LogP contribution in [0.1, 0.15) is 5.82 Å². The van der Waals surface area contributed by atoms with Crippen LogP contribution in [-0.4, -0.2) is 19.6 Å². The molecule has 0 aliphatic carbocycles. The molecular weight excluding hydrogens is 188 g/mol. The topological polar surface area (TPSA) is 92.5 Å². The van der Waals surface area contributed by atoms with E-state index in [1.54, 1.807) is 6.20 Å². The minimum absolute atomic E-state index is 0.362. The van der Waals surface area contributed by atoms with Crippen LogP contribution in [0.3, 0.4) is 0 Å². The highest BCUT2D eigenvalue weighted by atomic mass is 32.1. The first kappa shape index (κ1) is 8.14. The molecule has 0 bridgehead atoms. The summed E-state index contributed by atoms with van der Waals surface area (Å²) < 4.78 is 4.02. The van der Waals surface area contributed by atoms with E-state index in [-0.39, 0.29) is 0 Å². The predicted molar refractivity (Wildman–Crippen MR) is 49.7 cm³/mol. The van der Waals surface area contributed by atoms with Gasteiger partial charge in [0.05, 0.1) is 12.7 Å². The van der Waals surface area contributed by atoms with E-state index in [2.05, 4.69) is 24.9 Å². The van der Waals surface area contributed by atoms with Crippen molar-refractivity contribution < 1.29 is 0 Å². The normalized spacial score (nSPS) is 10.2. The smallest absolute Gasteiger partial charge is 0.208 e. The van der Waals surface area contributed by atoms with E-state index < -0.39 is 0 Å². The first-order valence-corrected chi connectivity index (χ1v) is 4.45. The van der Waals surface area contributed by atoms with Gasteiger partial charge in [-0.2, -0.15) is 9.47 Å². The highest BCUT2D eigenvalue weighted by molar-refractivity contribution is 7.09. The molecule has 2 heterocycles. The summed E-state index contributed by atoms with van der Waals surface area (Å²) in [6.45, 7) is 0.362. The Bertz CT molecular complexity index is 366. The highest BCUT2D eigenvalue weighted by Crippen LogP contribution is 2.15. The van der Waals surface area contributed by atoms with Crippen molar-refractivity contribution in [3.05, 3.63) is 18.1 Å². The van der Waals surface area contributed by atoms with Crippen molar-refractivity contribution in [3.8, 4) is 0 Å². The molecule has 2 rings (SSSR count). The summed E-state index contributed by atoms with van der Waals surface area (Å²) in [5, 5.41) is 10.3. The largest absolute Gasteiger partial charge is 0.324 e. The Kier molecular flexibility index (Phi) is 2.19. The number of H-pyrrole nitrogens is 1. The first-order chi connectivity index (χ1) is 6.38. The lowest BCUT2D eigenvalue weighted by atomic mass is 10.6. The van der Waals surface area contributed by atoms with E-state index in [9.17, 15) is 0 Å². The van der Waals surface area contributed by atoms with Crippen LogP contribution in [0.4, 0.5) is 10.9 Å². The number of rotatable bonds is 3. The Labute approximate surface area is 78.4 Å².